The van der Waals surface area contributed by atoms with Crippen molar-refractivity contribution in [2.75, 3.05) is 39.6 Å². The molecule has 18 heteroatoms. The lowest BCUT2D eigenvalue weighted by atomic mass is 10.0. The van der Waals surface area contributed by atoms with Gasteiger partial charge in [0.2, 0.25) is 0 Å². The lowest BCUT2D eigenvalue weighted by molar-refractivity contribution is -0.161. The predicted molar refractivity (Wildman–Crippen MR) is 454 cm³/mol. The number of unbranched alkanes of at least 4 members (excludes halogenated alkanes) is 34. The Morgan fingerprint density at radius 3 is 0.771 bits per heavy atom. The SMILES string of the molecule is CC/C=C\C/C=C\C/C=C\C/C=C\C/C=C\CCCCCCCCCCCCCCCCCC(=O)OCC(O)COP(=O)(O)OCC(O)COP(=O)(O)OCC(COC(=O)CCCCCCCCCCCCC/C=C\C/C=C\C/C=C\C/C=C\C/C=C\CC)OC(=O)CCCCCCC/C=C\C/C=C\CCCCC. The molecular formula is C91H156O16P2. The zero-order valence-corrected chi connectivity index (χ0v) is 70.5. The number of hydrogen-bond acceptors (Lipinski definition) is 14. The molecule has 0 amide bonds. The molecule has 0 aliphatic rings. The predicted octanol–water partition coefficient (Wildman–Crippen LogP) is 26.0. The van der Waals surface area contributed by atoms with E-state index in [9.17, 15) is 43.5 Å². The largest absolute Gasteiger partial charge is 0.472 e. The molecule has 0 heterocycles. The van der Waals surface area contributed by atoms with E-state index in [1.807, 2.05) is 0 Å². The molecule has 16 nitrogen and oxygen atoms in total. The maximum atomic E-state index is 13.0. The quantitative estimate of drug-likeness (QED) is 0.0146. The van der Waals surface area contributed by atoms with Crippen LogP contribution in [-0.2, 0) is 55.8 Å². The smallest absolute Gasteiger partial charge is 0.463 e. The number of aliphatic hydroxyl groups excluding tert-OH is 2. The average molecular weight is 1570 g/mol. The van der Waals surface area contributed by atoms with Gasteiger partial charge in [0.1, 0.15) is 25.4 Å². The minimum absolute atomic E-state index is 0.0861. The second kappa shape index (κ2) is 82.9. The topological polar surface area (TPSA) is 231 Å². The molecule has 0 radical (unpaired) electrons. The van der Waals surface area contributed by atoms with Crippen LogP contribution in [-0.4, -0.2) is 95.9 Å². The number of ether oxygens (including phenoxy) is 3. The van der Waals surface area contributed by atoms with Crippen LogP contribution in [0.2, 0.25) is 0 Å². The van der Waals surface area contributed by atoms with Gasteiger partial charge < -0.3 is 34.2 Å². The van der Waals surface area contributed by atoms with Crippen LogP contribution in [0.3, 0.4) is 0 Å². The summed E-state index contributed by atoms with van der Waals surface area (Å²) in [4.78, 5) is 58.8. The maximum Gasteiger partial charge on any atom is 0.472 e. The van der Waals surface area contributed by atoms with E-state index >= 15 is 0 Å². The van der Waals surface area contributed by atoms with E-state index < -0.39 is 91.5 Å². The first-order valence-electron chi connectivity index (χ1n) is 43.1. The zero-order chi connectivity index (χ0) is 79.4. The van der Waals surface area contributed by atoms with Crippen LogP contribution < -0.4 is 0 Å². The fourth-order valence-electron chi connectivity index (χ4n) is 11.5. The molecule has 109 heavy (non-hydrogen) atoms. The number of carbonyl (C=O) groups excluding carboxylic acids is 3. The molecule has 0 rings (SSSR count). The number of allylic oxidation sites excluding steroid dienone is 24. The molecule has 0 saturated heterocycles. The molecule has 0 aliphatic carbocycles. The Morgan fingerprint density at radius 1 is 0.266 bits per heavy atom. The molecule has 0 aromatic heterocycles. The molecule has 0 saturated carbocycles. The number of hydrogen-bond donors (Lipinski definition) is 4. The Morgan fingerprint density at radius 2 is 0.486 bits per heavy atom. The van der Waals surface area contributed by atoms with Crippen molar-refractivity contribution in [3.8, 4) is 0 Å². The van der Waals surface area contributed by atoms with Gasteiger partial charge in [0, 0.05) is 19.3 Å². The van der Waals surface area contributed by atoms with E-state index in [2.05, 4.69) is 167 Å². The summed E-state index contributed by atoms with van der Waals surface area (Å²) in [5.74, 6) is -1.59. The molecule has 0 spiro atoms. The summed E-state index contributed by atoms with van der Waals surface area (Å²) >= 11 is 0. The second-order valence-electron chi connectivity index (χ2n) is 28.6. The Balaban J connectivity index is 4.50. The van der Waals surface area contributed by atoms with Gasteiger partial charge in [-0.05, 0) is 141 Å². The van der Waals surface area contributed by atoms with Crippen LogP contribution in [0.4, 0.5) is 0 Å². The molecule has 5 atom stereocenters. The highest BCUT2D eigenvalue weighted by Gasteiger charge is 2.29. The van der Waals surface area contributed by atoms with Gasteiger partial charge in [0.25, 0.3) is 0 Å². The van der Waals surface area contributed by atoms with E-state index in [-0.39, 0.29) is 19.3 Å². The van der Waals surface area contributed by atoms with Crippen LogP contribution in [0.25, 0.3) is 0 Å². The van der Waals surface area contributed by atoms with Crippen molar-refractivity contribution in [2.45, 2.75) is 373 Å². The summed E-state index contributed by atoms with van der Waals surface area (Å²) in [6.45, 7) is 2.44. The van der Waals surface area contributed by atoms with Crippen LogP contribution >= 0.6 is 15.6 Å². The highest BCUT2D eigenvalue weighted by molar-refractivity contribution is 7.47. The fraction of sp³-hybridized carbons (Fsp3) is 0.703. The number of phosphoric ester groups is 2. The van der Waals surface area contributed by atoms with Crippen molar-refractivity contribution < 1.29 is 75.8 Å². The van der Waals surface area contributed by atoms with E-state index in [0.29, 0.717) is 19.3 Å². The highest BCUT2D eigenvalue weighted by atomic mass is 31.2. The highest BCUT2D eigenvalue weighted by Crippen LogP contribution is 2.45. The van der Waals surface area contributed by atoms with Crippen molar-refractivity contribution in [3.63, 3.8) is 0 Å². The van der Waals surface area contributed by atoms with Crippen LogP contribution in [0.5, 0.6) is 0 Å². The third-order valence-electron chi connectivity index (χ3n) is 18.0. The summed E-state index contributed by atoms with van der Waals surface area (Å²) < 4.78 is 61.3. The van der Waals surface area contributed by atoms with E-state index in [0.717, 1.165) is 161 Å². The first-order chi connectivity index (χ1) is 53.2. The molecule has 0 fully saturated rings. The summed E-state index contributed by atoms with van der Waals surface area (Å²) in [6, 6.07) is 0. The third kappa shape index (κ3) is 84.2. The number of rotatable bonds is 81. The maximum absolute atomic E-state index is 13.0. The Labute approximate surface area is 664 Å². The van der Waals surface area contributed by atoms with Gasteiger partial charge in [-0.1, -0.05) is 340 Å². The molecule has 0 aromatic rings. The van der Waals surface area contributed by atoms with Crippen LogP contribution in [0.1, 0.15) is 355 Å². The fourth-order valence-corrected chi connectivity index (χ4v) is 13.1. The molecular weight excluding hydrogens is 1410 g/mol. The van der Waals surface area contributed by atoms with Gasteiger partial charge in [-0.25, -0.2) is 9.13 Å². The standard InChI is InChI=1S/C91H156O16P2/c1-4-7-10-13-16-19-22-25-28-30-32-34-36-38-40-41-42-43-45-47-48-50-52-54-57-59-62-65-68-71-74-77-89(94)101-80-86(92)81-103-108(97,98)104-82-87(93)83-105-109(99,100)106-85-88(107-91(96)79-76-73-70-67-64-61-56-27-24-21-18-15-12-9-6-3)84-102-90(95)78-75-72-69-66-63-60-58-55-53-51-49-46-44-39-37-35-33-31-29-26-23-20-17-14-11-8-5-2/h7-8,10-11,16-21,25-29,32-35,38-40,44,56,86-88,92-93H,4-6,9,12-15,22-24,30-31,36-37,41-43,45-55,57-85H2,1-3H3,(H,97,98)(H,99,100)/b10-7-,11-8-,19-16-,20-17-,21-18-,28-25-,29-26-,34-32-,35-33-,40-38-,44-39-,56-27-. The van der Waals surface area contributed by atoms with Gasteiger partial charge in [-0.2, -0.15) is 0 Å². The third-order valence-corrected chi connectivity index (χ3v) is 19.9. The molecule has 5 unspecified atom stereocenters. The van der Waals surface area contributed by atoms with Gasteiger partial charge in [-0.3, -0.25) is 32.5 Å². The number of aliphatic hydroxyl groups is 2. The molecule has 0 aliphatic heterocycles. The summed E-state index contributed by atoms with van der Waals surface area (Å²) in [7, 11) is -9.80. The van der Waals surface area contributed by atoms with Gasteiger partial charge in [0.05, 0.1) is 26.4 Å². The lowest BCUT2D eigenvalue weighted by Gasteiger charge is -2.21. The Hall–Kier alpha value is -4.57. The van der Waals surface area contributed by atoms with E-state index in [1.165, 1.54) is 135 Å². The molecule has 4 N–H and O–H groups in total. The van der Waals surface area contributed by atoms with Gasteiger partial charge >= 0.3 is 33.6 Å². The number of carbonyl (C=O) groups is 3. The summed E-state index contributed by atoms with van der Waals surface area (Å²) in [5.41, 5.74) is 0. The summed E-state index contributed by atoms with van der Waals surface area (Å²) in [6.07, 6.45) is 103. The first kappa shape index (κ1) is 104. The normalized spacial score (nSPS) is 14.6. The number of esters is 3. The molecule has 0 aromatic carbocycles. The van der Waals surface area contributed by atoms with Crippen LogP contribution in [0, 0.1) is 0 Å². The molecule has 0 bridgehead atoms. The van der Waals surface area contributed by atoms with E-state index in [4.69, 9.17) is 32.3 Å². The summed E-state index contributed by atoms with van der Waals surface area (Å²) in [5, 5.41) is 20.7. The Bertz CT molecular complexity index is 2560. The van der Waals surface area contributed by atoms with Gasteiger partial charge in [-0.15, -0.1) is 0 Å². The number of phosphoric acid groups is 2. The van der Waals surface area contributed by atoms with Crippen molar-refractivity contribution in [1.82, 2.24) is 0 Å². The minimum Gasteiger partial charge on any atom is -0.463 e. The second-order valence-corrected chi connectivity index (χ2v) is 31.5. The van der Waals surface area contributed by atoms with Crippen molar-refractivity contribution in [3.05, 3.63) is 146 Å². The minimum atomic E-state index is -4.94. The van der Waals surface area contributed by atoms with Gasteiger partial charge in [0.15, 0.2) is 6.10 Å². The van der Waals surface area contributed by atoms with E-state index in [1.54, 1.807) is 0 Å². The monoisotopic (exact) mass is 1570 g/mol. The zero-order valence-electron chi connectivity index (χ0n) is 68.7. The first-order valence-corrected chi connectivity index (χ1v) is 46.1. The lowest BCUT2D eigenvalue weighted by Crippen LogP contribution is -2.30. The Kier molecular flexibility index (Phi) is 79.4. The average Bonchev–Trinajstić information content (AvgIpc) is 0.940. The van der Waals surface area contributed by atoms with Crippen molar-refractivity contribution in [1.29, 1.82) is 0 Å². The van der Waals surface area contributed by atoms with Crippen molar-refractivity contribution >= 4 is 33.6 Å². The van der Waals surface area contributed by atoms with Crippen LogP contribution in [0.15, 0.2) is 146 Å². The van der Waals surface area contributed by atoms with Crippen molar-refractivity contribution in [2.24, 2.45) is 0 Å². The molecule has 626 valence electrons.